The molecule has 6 nitrogen and oxygen atoms in total. The minimum Gasteiger partial charge on any atom is -0.363 e. The lowest BCUT2D eigenvalue weighted by molar-refractivity contribution is 0.400. The molecule has 1 unspecified atom stereocenters. The van der Waals surface area contributed by atoms with E-state index >= 15 is 0 Å². The van der Waals surface area contributed by atoms with Gasteiger partial charge in [0.15, 0.2) is 5.82 Å². The van der Waals surface area contributed by atoms with Gasteiger partial charge in [0.2, 0.25) is 0 Å². The molecule has 112 valence electrons. The van der Waals surface area contributed by atoms with Gasteiger partial charge >= 0.3 is 0 Å². The number of benzene rings is 1. The van der Waals surface area contributed by atoms with Crippen molar-refractivity contribution in [3.05, 3.63) is 60.1 Å². The van der Waals surface area contributed by atoms with Crippen LogP contribution < -0.4 is 10.6 Å². The molecule has 0 amide bonds. The first kappa shape index (κ1) is 14.1. The third kappa shape index (κ3) is 3.41. The maximum Gasteiger partial charge on any atom is 0.175 e. The van der Waals surface area contributed by atoms with E-state index in [4.69, 9.17) is 4.52 Å². The smallest absolute Gasteiger partial charge is 0.175 e. The molecule has 0 radical (unpaired) electrons. The van der Waals surface area contributed by atoms with Crippen LogP contribution >= 0.6 is 0 Å². The predicted octanol–water partition coefficient (Wildman–Crippen LogP) is 3.69. The summed E-state index contributed by atoms with van der Waals surface area (Å²) in [5, 5.41) is 10.3. The molecule has 22 heavy (non-hydrogen) atoms. The number of nitrogens with zero attached hydrogens (tertiary/aromatic N) is 3. The fourth-order valence-corrected chi connectivity index (χ4v) is 2.11. The fraction of sp³-hybridized carbons (Fsp3) is 0.188. The van der Waals surface area contributed by atoms with Gasteiger partial charge in [-0.1, -0.05) is 35.5 Å². The molecular weight excluding hydrogens is 278 g/mol. The molecule has 6 heteroatoms. The maximum absolute atomic E-state index is 5.02. The molecule has 1 atom stereocenters. The number of aromatic nitrogens is 3. The summed E-state index contributed by atoms with van der Waals surface area (Å²) in [6.07, 6.45) is 1.51. The van der Waals surface area contributed by atoms with Crippen LogP contribution in [0.4, 0.5) is 17.5 Å². The third-order valence-corrected chi connectivity index (χ3v) is 3.22. The first-order valence-electron chi connectivity index (χ1n) is 7.04. The second-order valence-electron chi connectivity index (χ2n) is 5.01. The third-order valence-electron chi connectivity index (χ3n) is 3.22. The van der Waals surface area contributed by atoms with Crippen LogP contribution in [0.15, 0.2) is 53.3 Å². The Labute approximate surface area is 128 Å². The Morgan fingerprint density at radius 2 is 1.77 bits per heavy atom. The number of aryl methyl sites for hydroxylation is 1. The molecule has 2 aromatic heterocycles. The number of nitrogens with one attached hydrogen (secondary N) is 2. The average Bonchev–Trinajstić information content (AvgIpc) is 2.93. The Morgan fingerprint density at radius 1 is 1.00 bits per heavy atom. The van der Waals surface area contributed by atoms with Crippen LogP contribution in [-0.4, -0.2) is 15.1 Å². The summed E-state index contributed by atoms with van der Waals surface area (Å²) in [7, 11) is 0. The van der Waals surface area contributed by atoms with E-state index in [1.165, 1.54) is 11.9 Å². The van der Waals surface area contributed by atoms with Crippen LogP contribution in [0.1, 0.15) is 24.3 Å². The number of hydrogen-bond donors (Lipinski definition) is 2. The highest BCUT2D eigenvalue weighted by molar-refractivity contribution is 5.55. The number of hydrogen-bond acceptors (Lipinski definition) is 6. The monoisotopic (exact) mass is 295 g/mol. The van der Waals surface area contributed by atoms with Crippen molar-refractivity contribution < 1.29 is 4.52 Å². The normalized spacial score (nSPS) is 11.9. The summed E-state index contributed by atoms with van der Waals surface area (Å²) in [4.78, 5) is 8.43. The molecular formula is C16H17N5O. The topological polar surface area (TPSA) is 75.9 Å². The van der Waals surface area contributed by atoms with Crippen LogP contribution in [0.2, 0.25) is 0 Å². The Kier molecular flexibility index (Phi) is 4.00. The van der Waals surface area contributed by atoms with Crippen molar-refractivity contribution in [3.8, 4) is 0 Å². The maximum atomic E-state index is 5.02. The van der Waals surface area contributed by atoms with Crippen molar-refractivity contribution >= 4 is 17.5 Å². The quantitative estimate of drug-likeness (QED) is 0.747. The van der Waals surface area contributed by atoms with E-state index in [0.717, 1.165) is 11.6 Å². The van der Waals surface area contributed by atoms with E-state index in [-0.39, 0.29) is 6.04 Å². The molecule has 1 aromatic carbocycles. The zero-order chi connectivity index (χ0) is 15.4. The lowest BCUT2D eigenvalue weighted by atomic mass is 10.1. The van der Waals surface area contributed by atoms with Gasteiger partial charge in [0.05, 0.1) is 0 Å². The summed E-state index contributed by atoms with van der Waals surface area (Å²) in [6, 6.07) is 14.0. The molecule has 0 bridgehead atoms. The van der Waals surface area contributed by atoms with E-state index in [0.29, 0.717) is 11.6 Å². The standard InChI is InChI=1S/C16H17N5O/c1-11-8-16(21-22-11)20-15-9-14(17-10-18-15)19-12(2)13-6-4-3-5-7-13/h3-10,12H,1-2H3,(H2,17,18,19,20,21). The Balaban J connectivity index is 1.71. The van der Waals surface area contributed by atoms with E-state index in [9.17, 15) is 0 Å². The minimum atomic E-state index is 0.151. The van der Waals surface area contributed by atoms with Crippen molar-refractivity contribution in [2.75, 3.05) is 10.6 Å². The zero-order valence-corrected chi connectivity index (χ0v) is 12.4. The second-order valence-corrected chi connectivity index (χ2v) is 5.01. The first-order valence-corrected chi connectivity index (χ1v) is 7.04. The lowest BCUT2D eigenvalue weighted by Crippen LogP contribution is -2.08. The summed E-state index contributed by atoms with van der Waals surface area (Å²) >= 11 is 0. The summed E-state index contributed by atoms with van der Waals surface area (Å²) in [5.41, 5.74) is 1.20. The van der Waals surface area contributed by atoms with E-state index in [1.807, 2.05) is 37.3 Å². The van der Waals surface area contributed by atoms with Crippen molar-refractivity contribution in [3.63, 3.8) is 0 Å². The van der Waals surface area contributed by atoms with Gasteiger partial charge in [0.25, 0.3) is 0 Å². The van der Waals surface area contributed by atoms with Crippen LogP contribution in [0, 0.1) is 6.92 Å². The second kappa shape index (κ2) is 6.26. The van der Waals surface area contributed by atoms with E-state index < -0.39 is 0 Å². The van der Waals surface area contributed by atoms with Crippen LogP contribution in [0.5, 0.6) is 0 Å². The van der Waals surface area contributed by atoms with Gasteiger partial charge in [-0.15, -0.1) is 0 Å². The molecule has 0 saturated heterocycles. The predicted molar refractivity (Wildman–Crippen MR) is 85.0 cm³/mol. The Bertz CT molecular complexity index is 741. The highest BCUT2D eigenvalue weighted by atomic mass is 16.5. The number of anilines is 3. The van der Waals surface area contributed by atoms with Gasteiger partial charge in [-0.25, -0.2) is 9.97 Å². The minimum absolute atomic E-state index is 0.151. The molecule has 0 aliphatic carbocycles. The van der Waals surface area contributed by atoms with Gasteiger partial charge in [-0.05, 0) is 19.4 Å². The molecule has 0 saturated carbocycles. The molecule has 3 aromatic rings. The van der Waals surface area contributed by atoms with Crippen molar-refractivity contribution in [1.82, 2.24) is 15.1 Å². The highest BCUT2D eigenvalue weighted by Crippen LogP contribution is 2.20. The van der Waals surface area contributed by atoms with Crippen molar-refractivity contribution in [2.24, 2.45) is 0 Å². The Morgan fingerprint density at radius 3 is 2.50 bits per heavy atom. The molecule has 3 rings (SSSR count). The van der Waals surface area contributed by atoms with E-state index in [2.05, 4.69) is 44.8 Å². The van der Waals surface area contributed by atoms with Crippen molar-refractivity contribution in [1.29, 1.82) is 0 Å². The average molecular weight is 295 g/mol. The van der Waals surface area contributed by atoms with Gasteiger partial charge in [-0.2, -0.15) is 0 Å². The molecule has 0 aliphatic rings. The molecule has 0 fully saturated rings. The van der Waals surface area contributed by atoms with Gasteiger partial charge in [-0.3, -0.25) is 0 Å². The van der Waals surface area contributed by atoms with Crippen LogP contribution in [-0.2, 0) is 0 Å². The van der Waals surface area contributed by atoms with Gasteiger partial charge in [0.1, 0.15) is 23.7 Å². The SMILES string of the molecule is Cc1cc(Nc2cc(NC(C)c3ccccc3)ncn2)no1. The van der Waals surface area contributed by atoms with Crippen LogP contribution in [0.3, 0.4) is 0 Å². The molecule has 0 spiro atoms. The largest absolute Gasteiger partial charge is 0.363 e. The first-order chi connectivity index (χ1) is 10.7. The summed E-state index contributed by atoms with van der Waals surface area (Å²) < 4.78 is 5.02. The molecule has 0 aliphatic heterocycles. The number of rotatable bonds is 5. The van der Waals surface area contributed by atoms with E-state index in [1.54, 1.807) is 0 Å². The molecule has 2 N–H and O–H groups in total. The zero-order valence-electron chi connectivity index (χ0n) is 12.4. The van der Waals surface area contributed by atoms with Gasteiger partial charge in [0, 0.05) is 18.2 Å². The van der Waals surface area contributed by atoms with Crippen molar-refractivity contribution in [2.45, 2.75) is 19.9 Å². The Hall–Kier alpha value is -2.89. The summed E-state index contributed by atoms with van der Waals surface area (Å²) in [5.74, 6) is 2.77. The summed E-state index contributed by atoms with van der Waals surface area (Å²) in [6.45, 7) is 3.93. The lowest BCUT2D eigenvalue weighted by Gasteiger charge is -2.15. The fourth-order valence-electron chi connectivity index (χ4n) is 2.11. The highest BCUT2D eigenvalue weighted by Gasteiger charge is 2.07. The van der Waals surface area contributed by atoms with Crippen LogP contribution in [0.25, 0.3) is 0 Å². The molecule has 2 heterocycles. The van der Waals surface area contributed by atoms with Gasteiger partial charge < -0.3 is 15.2 Å².